The van der Waals surface area contributed by atoms with Crippen LogP contribution in [-0.2, 0) is 0 Å². The van der Waals surface area contributed by atoms with Gasteiger partial charge in [0.1, 0.15) is 0 Å². The Hall–Kier alpha value is -0.730. The minimum absolute atomic E-state index is 0.176. The van der Waals surface area contributed by atoms with Crippen LogP contribution in [0.2, 0.25) is 0 Å². The van der Waals surface area contributed by atoms with E-state index in [9.17, 15) is 13.2 Å². The molecule has 0 amide bonds. The van der Waals surface area contributed by atoms with Crippen molar-refractivity contribution in [2.24, 2.45) is 5.92 Å². The minimum atomic E-state index is -4.07. The Bertz CT molecular complexity index is 291. The van der Waals surface area contributed by atoms with Crippen molar-refractivity contribution < 1.29 is 13.2 Å². The lowest BCUT2D eigenvalue weighted by atomic mass is 9.83. The molecule has 1 unspecified atom stereocenters. The molecule has 0 radical (unpaired) electrons. The molecule has 0 bridgehead atoms. The lowest BCUT2D eigenvalue weighted by Gasteiger charge is -2.24. The Morgan fingerprint density at radius 2 is 1.94 bits per heavy atom. The summed E-state index contributed by atoms with van der Waals surface area (Å²) in [6.45, 7) is 7.00. The molecule has 0 aliphatic heterocycles. The third-order valence-electron chi connectivity index (χ3n) is 3.29. The molecule has 92 valence electrons. The molecule has 1 fully saturated rings. The van der Waals surface area contributed by atoms with E-state index >= 15 is 0 Å². The molecule has 1 saturated carbocycles. The summed E-state index contributed by atoms with van der Waals surface area (Å²) in [5, 5.41) is 0. The van der Waals surface area contributed by atoms with Crippen LogP contribution in [0, 0.1) is 5.92 Å². The van der Waals surface area contributed by atoms with E-state index in [1.165, 1.54) is 18.9 Å². The number of halogens is 3. The standard InChI is InChI=1S/C13H19F3/c1-9(2)12(11-5-4-6-11)8-7-10(3)13(14,15)16/h10H,1,4-8H2,2-3H3. The first-order chi connectivity index (χ1) is 7.32. The van der Waals surface area contributed by atoms with Crippen molar-refractivity contribution in [2.75, 3.05) is 0 Å². The number of hydrogen-bond acceptors (Lipinski definition) is 0. The summed E-state index contributed by atoms with van der Waals surface area (Å²) < 4.78 is 37.1. The van der Waals surface area contributed by atoms with Crippen molar-refractivity contribution in [2.45, 2.75) is 52.1 Å². The van der Waals surface area contributed by atoms with Gasteiger partial charge in [-0.1, -0.05) is 24.6 Å². The van der Waals surface area contributed by atoms with E-state index in [0.29, 0.717) is 6.42 Å². The predicted molar refractivity (Wildman–Crippen MR) is 60.1 cm³/mol. The molecule has 1 aliphatic carbocycles. The molecular formula is C13H19F3. The van der Waals surface area contributed by atoms with Gasteiger partial charge in [0.25, 0.3) is 0 Å². The van der Waals surface area contributed by atoms with E-state index in [1.807, 2.05) is 6.92 Å². The average Bonchev–Trinajstić information content (AvgIpc) is 2.05. The molecule has 0 saturated heterocycles. The smallest absolute Gasteiger partial charge is 0.171 e. The Morgan fingerprint density at radius 3 is 2.25 bits per heavy atom. The quantitative estimate of drug-likeness (QED) is 0.638. The number of hydrogen-bond donors (Lipinski definition) is 0. The second kappa shape index (κ2) is 5.07. The molecule has 0 aromatic rings. The van der Waals surface area contributed by atoms with Gasteiger partial charge in [0.2, 0.25) is 0 Å². The maximum absolute atomic E-state index is 12.4. The fourth-order valence-electron chi connectivity index (χ4n) is 1.87. The third kappa shape index (κ3) is 3.39. The van der Waals surface area contributed by atoms with Crippen LogP contribution in [0.3, 0.4) is 0 Å². The van der Waals surface area contributed by atoms with Gasteiger partial charge >= 0.3 is 6.18 Å². The van der Waals surface area contributed by atoms with Gasteiger partial charge in [0.05, 0.1) is 5.92 Å². The van der Waals surface area contributed by atoms with Crippen molar-refractivity contribution in [1.29, 1.82) is 0 Å². The number of allylic oxidation sites excluding steroid dienone is 3. The van der Waals surface area contributed by atoms with Gasteiger partial charge in [-0.3, -0.25) is 0 Å². The molecule has 1 atom stereocenters. The molecule has 0 heterocycles. The van der Waals surface area contributed by atoms with Crippen molar-refractivity contribution in [3.8, 4) is 0 Å². The van der Waals surface area contributed by atoms with E-state index in [0.717, 1.165) is 24.0 Å². The summed E-state index contributed by atoms with van der Waals surface area (Å²) >= 11 is 0. The molecule has 0 spiro atoms. The van der Waals surface area contributed by atoms with Gasteiger partial charge < -0.3 is 0 Å². The molecule has 1 aliphatic rings. The van der Waals surface area contributed by atoms with E-state index < -0.39 is 12.1 Å². The van der Waals surface area contributed by atoms with Crippen LogP contribution >= 0.6 is 0 Å². The normalized spacial score (nSPS) is 17.9. The molecule has 0 aromatic carbocycles. The molecule has 0 nitrogen and oxygen atoms in total. The molecule has 3 heteroatoms. The van der Waals surface area contributed by atoms with Crippen molar-refractivity contribution in [3.05, 3.63) is 23.3 Å². The SMILES string of the molecule is C=C(C)C(CCC(C)C(F)(F)F)=C1CCC1. The molecule has 0 aromatic heterocycles. The van der Waals surface area contributed by atoms with Crippen LogP contribution in [0.15, 0.2) is 23.3 Å². The summed E-state index contributed by atoms with van der Waals surface area (Å²) in [5.74, 6) is -1.22. The van der Waals surface area contributed by atoms with Gasteiger partial charge in [0.15, 0.2) is 0 Å². The van der Waals surface area contributed by atoms with E-state index in [4.69, 9.17) is 0 Å². The van der Waals surface area contributed by atoms with Gasteiger partial charge in [-0.15, -0.1) is 0 Å². The average molecular weight is 232 g/mol. The Labute approximate surface area is 95.2 Å². The fourth-order valence-corrected chi connectivity index (χ4v) is 1.87. The Kier molecular flexibility index (Phi) is 4.22. The fraction of sp³-hybridized carbons (Fsp3) is 0.692. The zero-order valence-electron chi connectivity index (χ0n) is 9.95. The molecular weight excluding hydrogens is 213 g/mol. The lowest BCUT2D eigenvalue weighted by Crippen LogP contribution is -2.20. The first kappa shape index (κ1) is 13.3. The van der Waals surface area contributed by atoms with Gasteiger partial charge in [0, 0.05) is 0 Å². The summed E-state index contributed by atoms with van der Waals surface area (Å²) in [7, 11) is 0. The highest BCUT2D eigenvalue weighted by atomic mass is 19.4. The van der Waals surface area contributed by atoms with Gasteiger partial charge in [-0.2, -0.15) is 13.2 Å². The first-order valence-corrected chi connectivity index (χ1v) is 5.76. The van der Waals surface area contributed by atoms with Gasteiger partial charge in [-0.05, 0) is 44.6 Å². The summed E-state index contributed by atoms with van der Waals surface area (Å²) in [6.07, 6.45) is -0.114. The highest BCUT2D eigenvalue weighted by Crippen LogP contribution is 2.36. The van der Waals surface area contributed by atoms with Crippen molar-refractivity contribution >= 4 is 0 Å². The largest absolute Gasteiger partial charge is 0.391 e. The predicted octanol–water partition coefficient (Wildman–Crippen LogP) is 5.02. The summed E-state index contributed by atoms with van der Waals surface area (Å²) in [5.41, 5.74) is 3.34. The Balaban J connectivity index is 2.55. The number of alkyl halides is 3. The van der Waals surface area contributed by atoms with Crippen LogP contribution in [0.4, 0.5) is 13.2 Å². The maximum atomic E-state index is 12.4. The van der Waals surface area contributed by atoms with E-state index in [1.54, 1.807) is 0 Å². The Morgan fingerprint density at radius 1 is 1.38 bits per heavy atom. The molecule has 0 N–H and O–H groups in total. The van der Waals surface area contributed by atoms with Crippen LogP contribution < -0.4 is 0 Å². The molecule has 1 rings (SSSR count). The van der Waals surface area contributed by atoms with Crippen LogP contribution in [0.25, 0.3) is 0 Å². The highest BCUT2D eigenvalue weighted by molar-refractivity contribution is 5.34. The van der Waals surface area contributed by atoms with Crippen molar-refractivity contribution in [1.82, 2.24) is 0 Å². The maximum Gasteiger partial charge on any atom is 0.391 e. The van der Waals surface area contributed by atoms with E-state index in [-0.39, 0.29) is 6.42 Å². The summed E-state index contributed by atoms with van der Waals surface area (Å²) in [4.78, 5) is 0. The van der Waals surface area contributed by atoms with Crippen molar-refractivity contribution in [3.63, 3.8) is 0 Å². The molecule has 16 heavy (non-hydrogen) atoms. The lowest BCUT2D eigenvalue weighted by molar-refractivity contribution is -0.170. The zero-order chi connectivity index (χ0) is 12.3. The van der Waals surface area contributed by atoms with Gasteiger partial charge in [-0.25, -0.2) is 0 Å². The second-order valence-corrected chi connectivity index (χ2v) is 4.70. The van der Waals surface area contributed by atoms with E-state index in [2.05, 4.69) is 6.58 Å². The topological polar surface area (TPSA) is 0 Å². The second-order valence-electron chi connectivity index (χ2n) is 4.70. The highest BCUT2D eigenvalue weighted by Gasteiger charge is 2.35. The third-order valence-corrected chi connectivity index (χ3v) is 3.29. The zero-order valence-corrected chi connectivity index (χ0v) is 9.95. The number of rotatable bonds is 4. The van der Waals surface area contributed by atoms with Crippen LogP contribution in [0.5, 0.6) is 0 Å². The summed E-state index contributed by atoms with van der Waals surface area (Å²) in [6, 6.07) is 0. The van der Waals surface area contributed by atoms with Crippen LogP contribution in [0.1, 0.15) is 46.0 Å². The van der Waals surface area contributed by atoms with Crippen LogP contribution in [-0.4, -0.2) is 6.18 Å². The monoisotopic (exact) mass is 232 g/mol. The first-order valence-electron chi connectivity index (χ1n) is 5.76. The minimum Gasteiger partial charge on any atom is -0.171 e.